The second-order valence-electron chi connectivity index (χ2n) is 4.48. The van der Waals surface area contributed by atoms with Crippen molar-refractivity contribution in [3.8, 4) is 16.9 Å². The summed E-state index contributed by atoms with van der Waals surface area (Å²) in [4.78, 5) is 0. The second kappa shape index (κ2) is 5.72. The zero-order valence-corrected chi connectivity index (χ0v) is 13.8. The average Bonchev–Trinajstić information content (AvgIpc) is 2.85. The number of nitrogens with zero attached hydrogens (tertiary/aromatic N) is 2. The molecule has 3 rings (SSSR count). The third-order valence-corrected chi connectivity index (χ3v) is 4.29. The topological polar surface area (TPSA) is 43.8 Å². The van der Waals surface area contributed by atoms with E-state index in [9.17, 15) is 0 Å². The summed E-state index contributed by atoms with van der Waals surface area (Å²) in [5.41, 5.74) is 9.08. The first-order valence-corrected chi connectivity index (χ1v) is 7.66. The Kier molecular flexibility index (Phi) is 3.93. The molecule has 0 fully saturated rings. The van der Waals surface area contributed by atoms with Gasteiger partial charge >= 0.3 is 0 Å². The van der Waals surface area contributed by atoms with Gasteiger partial charge in [-0.25, -0.2) is 4.68 Å². The van der Waals surface area contributed by atoms with Crippen LogP contribution in [-0.2, 0) is 0 Å². The van der Waals surface area contributed by atoms with Crippen molar-refractivity contribution in [3.05, 3.63) is 63.2 Å². The molecule has 2 N–H and O–H groups in total. The van der Waals surface area contributed by atoms with Crippen molar-refractivity contribution >= 4 is 44.8 Å². The van der Waals surface area contributed by atoms with Crippen molar-refractivity contribution in [1.82, 2.24) is 9.78 Å². The highest BCUT2D eigenvalue weighted by molar-refractivity contribution is 9.10. The summed E-state index contributed by atoms with van der Waals surface area (Å²) >= 11 is 15.4. The first-order chi connectivity index (χ1) is 10.0. The first-order valence-electron chi connectivity index (χ1n) is 6.11. The Bertz CT molecular complexity index is 797. The molecule has 3 aromatic rings. The lowest BCUT2D eigenvalue weighted by molar-refractivity contribution is 0.884. The van der Waals surface area contributed by atoms with E-state index in [0.717, 1.165) is 15.7 Å². The Morgan fingerprint density at radius 2 is 1.71 bits per heavy atom. The zero-order chi connectivity index (χ0) is 15.0. The summed E-state index contributed by atoms with van der Waals surface area (Å²) in [6.45, 7) is 0. The molecule has 0 unspecified atom stereocenters. The molecule has 0 saturated heterocycles. The number of hydrogen-bond acceptors (Lipinski definition) is 2. The molecule has 0 aliphatic carbocycles. The van der Waals surface area contributed by atoms with Crippen LogP contribution in [0.2, 0.25) is 10.0 Å². The van der Waals surface area contributed by atoms with Gasteiger partial charge in [-0.15, -0.1) is 0 Å². The van der Waals surface area contributed by atoms with Gasteiger partial charge in [0, 0.05) is 10.0 Å². The van der Waals surface area contributed by atoms with E-state index in [2.05, 4.69) is 21.0 Å². The molecule has 2 aromatic carbocycles. The van der Waals surface area contributed by atoms with Crippen molar-refractivity contribution < 1.29 is 0 Å². The van der Waals surface area contributed by atoms with Gasteiger partial charge < -0.3 is 5.73 Å². The van der Waals surface area contributed by atoms with Gasteiger partial charge in [-0.1, -0.05) is 45.2 Å². The molecular formula is C15H10BrCl2N3. The van der Waals surface area contributed by atoms with Crippen molar-refractivity contribution in [3.63, 3.8) is 0 Å². The Morgan fingerprint density at radius 3 is 2.38 bits per heavy atom. The number of hydrogen-bond donors (Lipinski definition) is 1. The Morgan fingerprint density at radius 1 is 1.00 bits per heavy atom. The van der Waals surface area contributed by atoms with Gasteiger partial charge in [0.2, 0.25) is 0 Å². The maximum Gasteiger partial charge on any atom is 0.116 e. The van der Waals surface area contributed by atoms with E-state index in [1.807, 2.05) is 30.3 Å². The highest BCUT2D eigenvalue weighted by atomic mass is 79.9. The fraction of sp³-hybridized carbons (Fsp3) is 0. The minimum absolute atomic E-state index is 0.478. The van der Waals surface area contributed by atoms with Crippen molar-refractivity contribution in [2.75, 3.05) is 5.73 Å². The fourth-order valence-corrected chi connectivity index (χ4v) is 2.54. The molecule has 106 valence electrons. The van der Waals surface area contributed by atoms with Gasteiger partial charge in [0.25, 0.3) is 0 Å². The molecule has 0 amide bonds. The molecule has 0 bridgehead atoms. The minimum atomic E-state index is 0.478. The molecule has 0 aliphatic heterocycles. The molecule has 0 saturated carbocycles. The van der Waals surface area contributed by atoms with Crippen LogP contribution in [0.4, 0.5) is 5.69 Å². The van der Waals surface area contributed by atoms with Gasteiger partial charge in [0.15, 0.2) is 0 Å². The van der Waals surface area contributed by atoms with E-state index < -0.39 is 0 Å². The summed E-state index contributed by atoms with van der Waals surface area (Å²) in [5.74, 6) is 0. The third-order valence-electron chi connectivity index (χ3n) is 3.03. The maximum absolute atomic E-state index is 6.06. The number of anilines is 1. The van der Waals surface area contributed by atoms with Crippen molar-refractivity contribution in [2.45, 2.75) is 0 Å². The number of benzene rings is 2. The quantitative estimate of drug-likeness (QED) is 0.662. The standard InChI is InChI=1S/C15H10BrCl2N3/c16-10-2-4-11(5-3-10)21-8-14(19)15(20-21)9-1-6-12(17)13(18)7-9/h1-8H,19H2. The lowest BCUT2D eigenvalue weighted by Crippen LogP contribution is -1.94. The number of nitrogen functional groups attached to an aromatic ring is 1. The van der Waals surface area contributed by atoms with Crippen molar-refractivity contribution in [1.29, 1.82) is 0 Å². The SMILES string of the molecule is Nc1cn(-c2ccc(Br)cc2)nc1-c1ccc(Cl)c(Cl)c1. The average molecular weight is 383 g/mol. The lowest BCUT2D eigenvalue weighted by atomic mass is 10.1. The van der Waals surface area contributed by atoms with Crippen LogP contribution in [0.15, 0.2) is 53.1 Å². The summed E-state index contributed by atoms with van der Waals surface area (Å²) in [6.07, 6.45) is 1.78. The van der Waals surface area contributed by atoms with E-state index in [4.69, 9.17) is 28.9 Å². The molecule has 0 atom stereocenters. The Hall–Kier alpha value is -1.49. The number of rotatable bonds is 2. The molecular weight excluding hydrogens is 373 g/mol. The van der Waals surface area contributed by atoms with Crippen LogP contribution in [0.1, 0.15) is 0 Å². The van der Waals surface area contributed by atoms with Gasteiger partial charge in [-0.2, -0.15) is 5.10 Å². The molecule has 6 heteroatoms. The number of nitrogens with two attached hydrogens (primary N) is 1. The van der Waals surface area contributed by atoms with Crippen LogP contribution in [0, 0.1) is 0 Å². The van der Waals surface area contributed by atoms with Crippen LogP contribution in [0.25, 0.3) is 16.9 Å². The molecule has 0 radical (unpaired) electrons. The highest BCUT2D eigenvalue weighted by Crippen LogP contribution is 2.31. The fourth-order valence-electron chi connectivity index (χ4n) is 1.98. The van der Waals surface area contributed by atoms with Gasteiger partial charge in [0.05, 0.1) is 27.6 Å². The van der Waals surface area contributed by atoms with Crippen LogP contribution in [-0.4, -0.2) is 9.78 Å². The van der Waals surface area contributed by atoms with E-state index in [1.165, 1.54) is 0 Å². The summed E-state index contributed by atoms with van der Waals surface area (Å²) < 4.78 is 2.75. The van der Waals surface area contributed by atoms with Crippen LogP contribution < -0.4 is 5.73 Å². The minimum Gasteiger partial charge on any atom is -0.396 e. The monoisotopic (exact) mass is 381 g/mol. The smallest absolute Gasteiger partial charge is 0.116 e. The largest absolute Gasteiger partial charge is 0.396 e. The van der Waals surface area contributed by atoms with Crippen LogP contribution in [0.5, 0.6) is 0 Å². The Balaban J connectivity index is 2.05. The predicted molar refractivity (Wildman–Crippen MR) is 91.1 cm³/mol. The maximum atomic E-state index is 6.06. The van der Waals surface area contributed by atoms with E-state index in [1.54, 1.807) is 23.0 Å². The predicted octanol–water partition coefficient (Wildman–Crippen LogP) is 5.19. The van der Waals surface area contributed by atoms with E-state index in [-0.39, 0.29) is 0 Å². The number of halogens is 3. The highest BCUT2D eigenvalue weighted by Gasteiger charge is 2.11. The van der Waals surface area contributed by atoms with Crippen molar-refractivity contribution in [2.24, 2.45) is 0 Å². The zero-order valence-electron chi connectivity index (χ0n) is 10.7. The van der Waals surface area contributed by atoms with Gasteiger partial charge in [-0.3, -0.25) is 0 Å². The van der Waals surface area contributed by atoms with Gasteiger partial charge in [0.1, 0.15) is 5.69 Å². The lowest BCUT2D eigenvalue weighted by Gasteiger charge is -2.02. The molecule has 21 heavy (non-hydrogen) atoms. The van der Waals surface area contributed by atoms with E-state index in [0.29, 0.717) is 21.4 Å². The Labute approximate surface area is 140 Å². The second-order valence-corrected chi connectivity index (χ2v) is 6.21. The molecule has 1 aromatic heterocycles. The number of aromatic nitrogens is 2. The van der Waals surface area contributed by atoms with Crippen LogP contribution >= 0.6 is 39.1 Å². The van der Waals surface area contributed by atoms with Gasteiger partial charge in [-0.05, 0) is 36.4 Å². The van der Waals surface area contributed by atoms with Crippen LogP contribution in [0.3, 0.4) is 0 Å². The third kappa shape index (κ3) is 2.93. The normalized spacial score (nSPS) is 10.8. The summed E-state index contributed by atoms with van der Waals surface area (Å²) in [7, 11) is 0. The summed E-state index contributed by atoms with van der Waals surface area (Å²) in [6, 6.07) is 13.1. The molecule has 0 spiro atoms. The first kappa shape index (κ1) is 14.4. The summed E-state index contributed by atoms with van der Waals surface area (Å²) in [5, 5.41) is 5.51. The molecule has 3 nitrogen and oxygen atoms in total. The molecule has 1 heterocycles. The van der Waals surface area contributed by atoms with E-state index >= 15 is 0 Å². The molecule has 0 aliphatic rings.